The molecule has 4 rings (SSSR count). The van der Waals surface area contributed by atoms with Crippen LogP contribution in [0.3, 0.4) is 0 Å². The highest BCUT2D eigenvalue weighted by atomic mass is 35.5. The molecule has 1 aliphatic carbocycles. The first-order valence-corrected chi connectivity index (χ1v) is 8.51. The average molecular weight is 375 g/mol. The van der Waals surface area contributed by atoms with Crippen LogP contribution in [0.25, 0.3) is 0 Å². The Bertz CT molecular complexity index is 889. The highest BCUT2D eigenvalue weighted by Gasteiger charge is 2.59. The van der Waals surface area contributed by atoms with Crippen LogP contribution in [0.15, 0.2) is 47.6 Å². The standard InChI is InChI=1S/C18H16ClFN4O2/c19-11-4-5-14(22-8-11)16(25)23-12-3-1-2-10(6-12)18(9-20)13-7-15(13)26-17(21)24-18/h1-6,8,13,15H,7,9H2,(H2,21,24)(H,23,25)/t13-,15+,18+/m0/s1. The third-order valence-electron chi connectivity index (χ3n) is 4.71. The summed E-state index contributed by atoms with van der Waals surface area (Å²) in [7, 11) is 0. The van der Waals surface area contributed by atoms with Gasteiger partial charge in [-0.1, -0.05) is 23.7 Å². The van der Waals surface area contributed by atoms with Gasteiger partial charge in [-0.05, 0) is 36.2 Å². The van der Waals surface area contributed by atoms with Gasteiger partial charge in [-0.2, -0.15) is 0 Å². The van der Waals surface area contributed by atoms with Crippen molar-refractivity contribution in [3.05, 3.63) is 58.9 Å². The molecule has 0 radical (unpaired) electrons. The minimum atomic E-state index is -1.06. The minimum Gasteiger partial charge on any atom is -0.462 e. The van der Waals surface area contributed by atoms with Crippen LogP contribution in [0, 0.1) is 5.92 Å². The molecule has 0 spiro atoms. The zero-order valence-electron chi connectivity index (χ0n) is 13.7. The number of aromatic nitrogens is 1. The number of amides is 1. The molecule has 1 fully saturated rings. The molecule has 2 aromatic rings. The topological polar surface area (TPSA) is 89.6 Å². The first kappa shape index (κ1) is 16.8. The fourth-order valence-electron chi connectivity index (χ4n) is 3.32. The number of alkyl halides is 1. The normalized spacial score (nSPS) is 26.3. The predicted octanol–water partition coefficient (Wildman–Crippen LogP) is 2.89. The number of halogens is 2. The number of carbonyl (C=O) groups excluding carboxylic acids is 1. The Kier molecular flexibility index (Phi) is 4.03. The number of anilines is 1. The summed E-state index contributed by atoms with van der Waals surface area (Å²) in [6.45, 7) is -0.686. The monoisotopic (exact) mass is 374 g/mol. The smallest absolute Gasteiger partial charge is 0.283 e. The van der Waals surface area contributed by atoms with Crippen LogP contribution >= 0.6 is 11.6 Å². The molecule has 2 heterocycles. The Hall–Kier alpha value is -2.67. The number of hydrogen-bond donors (Lipinski definition) is 2. The first-order valence-electron chi connectivity index (χ1n) is 8.13. The molecule has 3 N–H and O–H groups in total. The molecule has 8 heteroatoms. The van der Waals surface area contributed by atoms with E-state index < -0.39 is 12.2 Å². The number of nitrogens with one attached hydrogen (secondary N) is 1. The van der Waals surface area contributed by atoms with Crippen molar-refractivity contribution >= 4 is 29.2 Å². The van der Waals surface area contributed by atoms with Crippen molar-refractivity contribution in [1.29, 1.82) is 0 Å². The van der Waals surface area contributed by atoms with E-state index in [9.17, 15) is 9.18 Å². The van der Waals surface area contributed by atoms with Crippen LogP contribution in [0.5, 0.6) is 0 Å². The third-order valence-corrected chi connectivity index (χ3v) is 4.93. The quantitative estimate of drug-likeness (QED) is 0.861. The van der Waals surface area contributed by atoms with Crippen molar-refractivity contribution in [2.45, 2.75) is 18.1 Å². The molecule has 1 aliphatic heterocycles. The highest BCUT2D eigenvalue weighted by Crippen LogP contribution is 2.53. The average Bonchev–Trinajstić information content (AvgIpc) is 3.41. The molecule has 134 valence electrons. The lowest BCUT2D eigenvalue weighted by Gasteiger charge is -2.31. The number of nitrogens with zero attached hydrogens (tertiary/aromatic N) is 2. The van der Waals surface area contributed by atoms with Gasteiger partial charge in [0.25, 0.3) is 11.9 Å². The van der Waals surface area contributed by atoms with Crippen LogP contribution in [-0.2, 0) is 10.3 Å². The fraction of sp³-hybridized carbons (Fsp3) is 0.278. The molecule has 1 saturated carbocycles. The van der Waals surface area contributed by atoms with Gasteiger partial charge in [-0.25, -0.2) is 14.4 Å². The first-order chi connectivity index (χ1) is 12.5. The van der Waals surface area contributed by atoms with Crippen molar-refractivity contribution in [2.24, 2.45) is 16.6 Å². The fourth-order valence-corrected chi connectivity index (χ4v) is 3.43. The van der Waals surface area contributed by atoms with Gasteiger partial charge in [0.1, 0.15) is 24.0 Å². The van der Waals surface area contributed by atoms with Gasteiger partial charge in [-0.3, -0.25) is 4.79 Å². The molecule has 2 aliphatic rings. The maximum absolute atomic E-state index is 14.0. The van der Waals surface area contributed by atoms with E-state index in [2.05, 4.69) is 15.3 Å². The Labute approximate surface area is 154 Å². The largest absolute Gasteiger partial charge is 0.462 e. The van der Waals surface area contributed by atoms with Crippen molar-refractivity contribution in [3.63, 3.8) is 0 Å². The number of hydrogen-bond acceptors (Lipinski definition) is 5. The highest BCUT2D eigenvalue weighted by molar-refractivity contribution is 6.30. The van der Waals surface area contributed by atoms with E-state index in [1.807, 2.05) is 0 Å². The molecule has 0 bridgehead atoms. The summed E-state index contributed by atoms with van der Waals surface area (Å²) in [5.41, 5.74) is 6.06. The van der Waals surface area contributed by atoms with Gasteiger partial charge in [0.15, 0.2) is 0 Å². The summed E-state index contributed by atoms with van der Waals surface area (Å²) in [4.78, 5) is 20.6. The number of benzene rings is 1. The lowest BCUT2D eigenvalue weighted by atomic mass is 9.86. The number of pyridine rings is 1. The third kappa shape index (κ3) is 2.88. The van der Waals surface area contributed by atoms with E-state index in [1.54, 1.807) is 30.3 Å². The molecule has 0 unspecified atom stereocenters. The summed E-state index contributed by atoms with van der Waals surface area (Å²) >= 11 is 5.78. The molecule has 26 heavy (non-hydrogen) atoms. The number of amidine groups is 1. The van der Waals surface area contributed by atoms with E-state index in [-0.39, 0.29) is 29.6 Å². The lowest BCUT2D eigenvalue weighted by Crippen LogP contribution is -2.39. The van der Waals surface area contributed by atoms with Crippen molar-refractivity contribution in [3.8, 4) is 0 Å². The number of aliphatic imine (C=N–C) groups is 1. The maximum Gasteiger partial charge on any atom is 0.283 e. The molecular weight excluding hydrogens is 359 g/mol. The van der Waals surface area contributed by atoms with E-state index >= 15 is 0 Å². The zero-order valence-corrected chi connectivity index (χ0v) is 14.4. The predicted molar refractivity (Wildman–Crippen MR) is 95.9 cm³/mol. The van der Waals surface area contributed by atoms with E-state index in [1.165, 1.54) is 12.3 Å². The molecular formula is C18H16ClFN4O2. The summed E-state index contributed by atoms with van der Waals surface area (Å²) in [5, 5.41) is 3.21. The molecule has 0 saturated heterocycles. The SMILES string of the molecule is NC1=N[C@](CF)(c2cccc(NC(=O)c3ccc(Cl)cn3)c2)[C@H]2C[C@H]2O1. The Balaban J connectivity index is 1.61. The van der Waals surface area contributed by atoms with Crippen molar-refractivity contribution < 1.29 is 13.9 Å². The second-order valence-electron chi connectivity index (χ2n) is 6.40. The zero-order chi connectivity index (χ0) is 18.3. The molecule has 1 aromatic carbocycles. The van der Waals surface area contributed by atoms with Crippen LogP contribution < -0.4 is 11.1 Å². The molecule has 1 amide bonds. The number of nitrogens with two attached hydrogens (primary N) is 1. The van der Waals surface area contributed by atoms with Gasteiger partial charge < -0.3 is 15.8 Å². The Morgan fingerprint density at radius 2 is 2.27 bits per heavy atom. The Morgan fingerprint density at radius 1 is 1.42 bits per heavy atom. The van der Waals surface area contributed by atoms with Crippen LogP contribution in [0.1, 0.15) is 22.5 Å². The van der Waals surface area contributed by atoms with Crippen LogP contribution in [0.2, 0.25) is 5.02 Å². The Morgan fingerprint density at radius 3 is 3.00 bits per heavy atom. The van der Waals surface area contributed by atoms with Gasteiger partial charge in [0.05, 0.1) is 5.02 Å². The number of ether oxygens (including phenoxy) is 1. The van der Waals surface area contributed by atoms with E-state index in [4.69, 9.17) is 22.1 Å². The van der Waals surface area contributed by atoms with Gasteiger partial charge in [0, 0.05) is 17.8 Å². The number of fused-ring (bicyclic) bond motifs is 1. The maximum atomic E-state index is 14.0. The van der Waals surface area contributed by atoms with Gasteiger partial charge in [-0.15, -0.1) is 0 Å². The summed E-state index contributed by atoms with van der Waals surface area (Å²) in [6, 6.07) is 10.1. The minimum absolute atomic E-state index is 0.00111. The number of carbonyl (C=O) groups is 1. The second-order valence-corrected chi connectivity index (χ2v) is 6.84. The van der Waals surface area contributed by atoms with Gasteiger partial charge >= 0.3 is 0 Å². The second kappa shape index (κ2) is 6.25. The molecule has 3 atom stereocenters. The van der Waals surface area contributed by atoms with Crippen molar-refractivity contribution in [2.75, 3.05) is 12.0 Å². The van der Waals surface area contributed by atoms with Crippen LogP contribution in [-0.4, -0.2) is 29.7 Å². The summed E-state index contributed by atoms with van der Waals surface area (Å²) < 4.78 is 19.4. The van der Waals surface area contributed by atoms with E-state index in [0.29, 0.717) is 22.7 Å². The van der Waals surface area contributed by atoms with Gasteiger partial charge in [0.2, 0.25) is 0 Å². The van der Waals surface area contributed by atoms with E-state index in [0.717, 1.165) is 0 Å². The molecule has 1 aromatic heterocycles. The number of rotatable bonds is 4. The lowest BCUT2D eigenvalue weighted by molar-refractivity contribution is 0.102. The van der Waals surface area contributed by atoms with Crippen molar-refractivity contribution in [1.82, 2.24) is 4.98 Å². The molecule has 6 nitrogen and oxygen atoms in total. The van der Waals surface area contributed by atoms with Crippen LogP contribution in [0.4, 0.5) is 10.1 Å². The summed E-state index contributed by atoms with van der Waals surface area (Å²) in [6.07, 6.45) is 2.01. The summed E-state index contributed by atoms with van der Waals surface area (Å²) in [5.74, 6) is -0.434.